The number of pyridine rings is 1. The second-order valence-electron chi connectivity index (χ2n) is 3.10. The van der Waals surface area contributed by atoms with Gasteiger partial charge in [0.05, 0.1) is 20.8 Å². The van der Waals surface area contributed by atoms with Gasteiger partial charge >= 0.3 is 0 Å². The van der Waals surface area contributed by atoms with E-state index in [0.29, 0.717) is 15.1 Å². The number of hydrogen-bond donors (Lipinski definition) is 0. The molecule has 82 valence electrons. The Morgan fingerprint density at radius 3 is 2.19 bits per heavy atom. The first kappa shape index (κ1) is 12.4. The Kier molecular flexibility index (Phi) is 3.95. The van der Waals surface area contributed by atoms with Crippen LogP contribution in [-0.2, 0) is 0 Å². The van der Waals surface area contributed by atoms with Gasteiger partial charge < -0.3 is 0 Å². The fourth-order valence-electron chi connectivity index (χ4n) is 1.27. The molecule has 0 saturated heterocycles. The standard InChI is InChI=1S/C11H5Cl3IN/c12-7-4-6(5-8(13)11(7)14)9-2-1-3-10(15)16-9/h1-5H. The van der Waals surface area contributed by atoms with Crippen LogP contribution in [0.2, 0.25) is 15.1 Å². The molecule has 1 aromatic carbocycles. The van der Waals surface area contributed by atoms with Crippen molar-refractivity contribution in [2.24, 2.45) is 0 Å². The largest absolute Gasteiger partial charge is 0.242 e. The minimum atomic E-state index is 0.373. The van der Waals surface area contributed by atoms with Gasteiger partial charge in [-0.15, -0.1) is 0 Å². The first-order valence-corrected chi connectivity index (χ1v) is 6.56. The zero-order valence-electron chi connectivity index (χ0n) is 7.85. The van der Waals surface area contributed by atoms with Crippen molar-refractivity contribution in [3.63, 3.8) is 0 Å². The highest BCUT2D eigenvalue weighted by Crippen LogP contribution is 2.34. The third kappa shape index (κ3) is 2.62. The fraction of sp³-hybridized carbons (Fsp3) is 0. The van der Waals surface area contributed by atoms with Crippen LogP contribution in [0.5, 0.6) is 0 Å². The van der Waals surface area contributed by atoms with Crippen LogP contribution >= 0.6 is 57.4 Å². The summed E-state index contributed by atoms with van der Waals surface area (Å²) in [4.78, 5) is 4.38. The lowest BCUT2D eigenvalue weighted by Crippen LogP contribution is -1.86. The summed E-state index contributed by atoms with van der Waals surface area (Å²) in [5, 5.41) is 1.24. The minimum Gasteiger partial charge on any atom is -0.242 e. The zero-order valence-corrected chi connectivity index (χ0v) is 12.3. The molecule has 0 spiro atoms. The Morgan fingerprint density at radius 1 is 1.00 bits per heavy atom. The lowest BCUT2D eigenvalue weighted by molar-refractivity contribution is 1.27. The average Bonchev–Trinajstić information content (AvgIpc) is 2.25. The molecule has 0 fully saturated rings. The molecule has 0 atom stereocenters. The van der Waals surface area contributed by atoms with Gasteiger partial charge in [-0.05, 0) is 46.9 Å². The molecule has 2 aromatic rings. The van der Waals surface area contributed by atoms with Crippen LogP contribution in [0.3, 0.4) is 0 Å². The van der Waals surface area contributed by atoms with E-state index in [9.17, 15) is 0 Å². The minimum absolute atomic E-state index is 0.373. The Hall–Kier alpha value is -0.0300. The van der Waals surface area contributed by atoms with Crippen molar-refractivity contribution in [1.29, 1.82) is 0 Å². The van der Waals surface area contributed by atoms with E-state index in [2.05, 4.69) is 27.6 Å². The van der Waals surface area contributed by atoms with Gasteiger partial charge in [0.15, 0.2) is 0 Å². The van der Waals surface area contributed by atoms with Crippen LogP contribution in [0.25, 0.3) is 11.3 Å². The monoisotopic (exact) mass is 383 g/mol. The molecule has 0 bridgehead atoms. The van der Waals surface area contributed by atoms with Gasteiger partial charge in [0.2, 0.25) is 0 Å². The molecule has 5 heteroatoms. The Balaban J connectivity index is 2.57. The van der Waals surface area contributed by atoms with E-state index in [-0.39, 0.29) is 0 Å². The topological polar surface area (TPSA) is 12.9 Å². The molecule has 1 aromatic heterocycles. The zero-order chi connectivity index (χ0) is 11.7. The molecule has 0 amide bonds. The summed E-state index contributed by atoms with van der Waals surface area (Å²) in [7, 11) is 0. The summed E-state index contributed by atoms with van der Waals surface area (Å²) in [5.41, 5.74) is 1.69. The van der Waals surface area contributed by atoms with Crippen molar-refractivity contribution in [1.82, 2.24) is 4.98 Å². The van der Waals surface area contributed by atoms with E-state index in [1.165, 1.54) is 0 Å². The predicted octanol–water partition coefficient (Wildman–Crippen LogP) is 5.31. The van der Waals surface area contributed by atoms with Crippen LogP contribution in [0.4, 0.5) is 0 Å². The normalized spacial score (nSPS) is 10.5. The van der Waals surface area contributed by atoms with Gasteiger partial charge in [0, 0.05) is 5.56 Å². The molecule has 1 heterocycles. The van der Waals surface area contributed by atoms with Crippen molar-refractivity contribution in [2.75, 3.05) is 0 Å². The van der Waals surface area contributed by atoms with Crippen LogP contribution in [-0.4, -0.2) is 4.98 Å². The third-order valence-corrected chi connectivity index (χ3v) is 3.79. The summed E-state index contributed by atoms with van der Waals surface area (Å²) in [5.74, 6) is 0. The van der Waals surface area contributed by atoms with E-state index >= 15 is 0 Å². The molecule has 0 aliphatic carbocycles. The van der Waals surface area contributed by atoms with Gasteiger partial charge in [0.1, 0.15) is 3.70 Å². The number of rotatable bonds is 1. The first-order valence-electron chi connectivity index (χ1n) is 4.35. The van der Waals surface area contributed by atoms with E-state index in [4.69, 9.17) is 34.8 Å². The average molecular weight is 384 g/mol. The van der Waals surface area contributed by atoms with Crippen molar-refractivity contribution in [3.05, 3.63) is 49.1 Å². The van der Waals surface area contributed by atoms with Gasteiger partial charge in [-0.3, -0.25) is 0 Å². The van der Waals surface area contributed by atoms with Gasteiger partial charge in [0.25, 0.3) is 0 Å². The fourth-order valence-corrected chi connectivity index (χ4v) is 2.34. The van der Waals surface area contributed by atoms with Crippen molar-refractivity contribution >= 4 is 57.4 Å². The van der Waals surface area contributed by atoms with E-state index in [1.807, 2.05) is 18.2 Å². The highest BCUT2D eigenvalue weighted by molar-refractivity contribution is 14.1. The SMILES string of the molecule is Clc1cc(-c2cccc(I)n2)cc(Cl)c1Cl. The quantitative estimate of drug-likeness (QED) is 0.369. The smallest absolute Gasteiger partial charge is 0.102 e. The predicted molar refractivity (Wildman–Crippen MR) is 77.4 cm³/mol. The number of halogens is 4. The molecule has 0 radical (unpaired) electrons. The lowest BCUT2D eigenvalue weighted by Gasteiger charge is -2.05. The Labute approximate surface area is 122 Å². The number of hydrogen-bond acceptors (Lipinski definition) is 1. The molecular weight excluding hydrogens is 379 g/mol. The molecule has 0 N–H and O–H groups in total. The van der Waals surface area contributed by atoms with Crippen LogP contribution in [0, 0.1) is 3.70 Å². The highest BCUT2D eigenvalue weighted by Gasteiger charge is 2.08. The van der Waals surface area contributed by atoms with E-state index in [0.717, 1.165) is 15.0 Å². The van der Waals surface area contributed by atoms with Crippen molar-refractivity contribution in [2.45, 2.75) is 0 Å². The second-order valence-corrected chi connectivity index (χ2v) is 5.40. The molecular formula is C11H5Cl3IN. The highest BCUT2D eigenvalue weighted by atomic mass is 127. The Morgan fingerprint density at radius 2 is 1.62 bits per heavy atom. The summed E-state index contributed by atoms with van der Waals surface area (Å²) in [6.45, 7) is 0. The summed E-state index contributed by atoms with van der Waals surface area (Å²) >= 11 is 20.0. The summed E-state index contributed by atoms with van der Waals surface area (Å²) in [6, 6.07) is 9.27. The number of aromatic nitrogens is 1. The molecule has 0 aliphatic rings. The van der Waals surface area contributed by atoms with Crippen molar-refractivity contribution in [3.8, 4) is 11.3 Å². The molecule has 0 unspecified atom stereocenters. The maximum Gasteiger partial charge on any atom is 0.102 e. The van der Waals surface area contributed by atoms with Crippen LogP contribution < -0.4 is 0 Å². The Bertz CT molecular complexity index is 519. The first-order chi connectivity index (χ1) is 7.58. The third-order valence-electron chi connectivity index (χ3n) is 1.99. The summed E-state index contributed by atoms with van der Waals surface area (Å²) < 4.78 is 0.914. The van der Waals surface area contributed by atoms with Crippen LogP contribution in [0.15, 0.2) is 30.3 Å². The maximum absolute atomic E-state index is 5.96. The van der Waals surface area contributed by atoms with E-state index < -0.39 is 0 Å². The van der Waals surface area contributed by atoms with E-state index in [1.54, 1.807) is 12.1 Å². The van der Waals surface area contributed by atoms with Gasteiger partial charge in [-0.2, -0.15) is 0 Å². The lowest BCUT2D eigenvalue weighted by atomic mass is 10.1. The van der Waals surface area contributed by atoms with Gasteiger partial charge in [-0.1, -0.05) is 40.9 Å². The number of nitrogens with zero attached hydrogens (tertiary/aromatic N) is 1. The van der Waals surface area contributed by atoms with Gasteiger partial charge in [-0.25, -0.2) is 4.98 Å². The maximum atomic E-state index is 5.96. The van der Waals surface area contributed by atoms with Crippen LogP contribution in [0.1, 0.15) is 0 Å². The number of benzene rings is 1. The molecule has 16 heavy (non-hydrogen) atoms. The molecule has 0 aliphatic heterocycles. The molecule has 0 saturated carbocycles. The summed E-state index contributed by atoms with van der Waals surface area (Å²) in [6.07, 6.45) is 0. The molecule has 1 nitrogen and oxygen atoms in total. The van der Waals surface area contributed by atoms with Crippen molar-refractivity contribution < 1.29 is 0 Å². The molecule has 2 rings (SSSR count). The second kappa shape index (κ2) is 5.08.